The molecular weight excluding hydrogens is 395 g/mol. The minimum absolute atomic E-state index is 0.114. The van der Waals surface area contributed by atoms with Gasteiger partial charge in [0.15, 0.2) is 0 Å². The second kappa shape index (κ2) is 5.68. The highest BCUT2D eigenvalue weighted by molar-refractivity contribution is 9.10. The van der Waals surface area contributed by atoms with E-state index in [2.05, 4.69) is 20.9 Å². The van der Waals surface area contributed by atoms with Crippen LogP contribution in [-0.4, -0.2) is 9.55 Å². The van der Waals surface area contributed by atoms with Gasteiger partial charge in [-0.1, -0.05) is 40.2 Å². The molecule has 0 unspecified atom stereocenters. The maximum Gasteiger partial charge on any atom is 0.329 e. The van der Waals surface area contributed by atoms with E-state index >= 15 is 0 Å². The summed E-state index contributed by atoms with van der Waals surface area (Å²) in [5.41, 5.74) is -0.125. The van der Waals surface area contributed by atoms with E-state index in [0.29, 0.717) is 14.7 Å². The highest BCUT2D eigenvalue weighted by atomic mass is 79.9. The standard InChI is InChI=1S/C17H10BrFN2O2S/c18-10-6-5-9(12(19)7-10)8-21-16(22)15-14(20-17(21)23)11-3-1-2-4-13(11)24-15/h1-7H,8H2,(H,20,23). The van der Waals surface area contributed by atoms with Crippen LogP contribution in [0.3, 0.4) is 0 Å². The van der Waals surface area contributed by atoms with Crippen molar-refractivity contribution in [3.63, 3.8) is 0 Å². The second-order valence-electron chi connectivity index (χ2n) is 5.36. The monoisotopic (exact) mass is 404 g/mol. The minimum atomic E-state index is -0.543. The molecule has 0 radical (unpaired) electrons. The Kier molecular flexibility index (Phi) is 3.62. The third-order valence-corrected chi connectivity index (χ3v) is 5.51. The second-order valence-corrected chi connectivity index (χ2v) is 7.33. The number of rotatable bonds is 2. The molecule has 4 nitrogen and oxygen atoms in total. The summed E-state index contributed by atoms with van der Waals surface area (Å²) in [5, 5.41) is 0.841. The Bertz CT molecular complexity index is 1210. The van der Waals surface area contributed by atoms with Crippen molar-refractivity contribution in [2.75, 3.05) is 0 Å². The fourth-order valence-electron chi connectivity index (χ4n) is 2.67. The van der Waals surface area contributed by atoms with Crippen LogP contribution in [0.1, 0.15) is 5.56 Å². The number of nitrogens with one attached hydrogen (secondary N) is 1. The summed E-state index contributed by atoms with van der Waals surface area (Å²) < 4.78 is 17.0. The number of aromatic amines is 1. The molecule has 4 aromatic rings. The fourth-order valence-corrected chi connectivity index (χ4v) is 4.11. The van der Waals surface area contributed by atoms with Crippen LogP contribution in [0.2, 0.25) is 0 Å². The molecule has 0 saturated heterocycles. The van der Waals surface area contributed by atoms with Crippen LogP contribution in [0.25, 0.3) is 20.3 Å². The van der Waals surface area contributed by atoms with Gasteiger partial charge < -0.3 is 4.98 Å². The molecule has 24 heavy (non-hydrogen) atoms. The van der Waals surface area contributed by atoms with Gasteiger partial charge in [0, 0.05) is 20.1 Å². The molecular formula is C17H10BrFN2O2S. The maximum atomic E-state index is 14.0. The number of thiophene rings is 1. The molecule has 2 aromatic heterocycles. The molecule has 0 spiro atoms. The molecule has 0 atom stereocenters. The average Bonchev–Trinajstić information content (AvgIpc) is 2.92. The van der Waals surface area contributed by atoms with Crippen molar-refractivity contribution in [2.24, 2.45) is 0 Å². The van der Waals surface area contributed by atoms with Crippen molar-refractivity contribution < 1.29 is 4.39 Å². The largest absolute Gasteiger partial charge is 0.329 e. The van der Waals surface area contributed by atoms with Gasteiger partial charge in [0.2, 0.25) is 0 Å². The Balaban J connectivity index is 1.94. The summed E-state index contributed by atoms with van der Waals surface area (Å²) in [5.74, 6) is -0.466. The normalized spacial score (nSPS) is 11.4. The molecule has 0 saturated carbocycles. The van der Waals surface area contributed by atoms with Gasteiger partial charge >= 0.3 is 5.69 Å². The number of hydrogen-bond acceptors (Lipinski definition) is 3. The Hall–Kier alpha value is -2.25. The zero-order chi connectivity index (χ0) is 16.8. The molecule has 0 aliphatic heterocycles. The van der Waals surface area contributed by atoms with Crippen molar-refractivity contribution in [1.29, 1.82) is 0 Å². The van der Waals surface area contributed by atoms with E-state index in [0.717, 1.165) is 14.7 Å². The molecule has 1 N–H and O–H groups in total. The molecule has 2 heterocycles. The van der Waals surface area contributed by atoms with Crippen LogP contribution < -0.4 is 11.2 Å². The Morgan fingerprint density at radius 2 is 1.96 bits per heavy atom. The van der Waals surface area contributed by atoms with Gasteiger partial charge in [0.05, 0.1) is 12.1 Å². The first-order valence-electron chi connectivity index (χ1n) is 7.13. The predicted octanol–water partition coefficient (Wildman–Crippen LogP) is 3.85. The summed E-state index contributed by atoms with van der Waals surface area (Å²) in [6.07, 6.45) is 0. The number of hydrogen-bond donors (Lipinski definition) is 1. The lowest BCUT2D eigenvalue weighted by Crippen LogP contribution is -2.35. The van der Waals surface area contributed by atoms with E-state index in [-0.39, 0.29) is 12.1 Å². The number of aromatic nitrogens is 2. The van der Waals surface area contributed by atoms with Crippen LogP contribution in [-0.2, 0) is 6.54 Å². The molecule has 7 heteroatoms. The lowest BCUT2D eigenvalue weighted by Gasteiger charge is -2.06. The van der Waals surface area contributed by atoms with Gasteiger partial charge in [-0.3, -0.25) is 9.36 Å². The highest BCUT2D eigenvalue weighted by Crippen LogP contribution is 2.29. The van der Waals surface area contributed by atoms with E-state index in [4.69, 9.17) is 0 Å². The first-order valence-corrected chi connectivity index (χ1v) is 8.74. The molecule has 0 bridgehead atoms. The third-order valence-electron chi connectivity index (χ3n) is 3.86. The van der Waals surface area contributed by atoms with E-state index < -0.39 is 17.1 Å². The first-order chi connectivity index (χ1) is 11.5. The highest BCUT2D eigenvalue weighted by Gasteiger charge is 2.14. The summed E-state index contributed by atoms with van der Waals surface area (Å²) in [7, 11) is 0. The summed E-state index contributed by atoms with van der Waals surface area (Å²) in [6, 6.07) is 12.0. The minimum Gasteiger partial charge on any atom is -0.305 e. The van der Waals surface area contributed by atoms with E-state index in [1.54, 1.807) is 12.1 Å². The van der Waals surface area contributed by atoms with Crippen molar-refractivity contribution >= 4 is 47.6 Å². The third kappa shape index (κ3) is 2.40. The molecule has 4 rings (SSSR count). The predicted molar refractivity (Wildman–Crippen MR) is 97.4 cm³/mol. The van der Waals surface area contributed by atoms with Gasteiger partial charge in [-0.05, 0) is 18.2 Å². The van der Waals surface area contributed by atoms with Gasteiger partial charge in [0.25, 0.3) is 5.56 Å². The van der Waals surface area contributed by atoms with Crippen LogP contribution in [0, 0.1) is 5.82 Å². The SMILES string of the molecule is O=c1[nH]c2c(sc3ccccc32)c(=O)n1Cc1ccc(Br)cc1F. The molecule has 2 aromatic carbocycles. The maximum absolute atomic E-state index is 14.0. The lowest BCUT2D eigenvalue weighted by atomic mass is 10.2. The Labute approximate surface area is 147 Å². The molecule has 0 aliphatic rings. The van der Waals surface area contributed by atoms with Crippen molar-refractivity contribution in [3.05, 3.63) is 79.2 Å². The number of nitrogens with zero attached hydrogens (tertiary/aromatic N) is 1. The zero-order valence-corrected chi connectivity index (χ0v) is 14.6. The molecule has 0 amide bonds. The summed E-state index contributed by atoms with van der Waals surface area (Å²) >= 11 is 4.51. The Morgan fingerprint density at radius 3 is 2.75 bits per heavy atom. The molecule has 0 aliphatic carbocycles. The smallest absolute Gasteiger partial charge is 0.305 e. The summed E-state index contributed by atoms with van der Waals surface area (Å²) in [6.45, 7) is -0.114. The quantitative estimate of drug-likeness (QED) is 0.551. The number of fused-ring (bicyclic) bond motifs is 3. The lowest BCUT2D eigenvalue weighted by molar-refractivity contribution is 0.590. The van der Waals surface area contributed by atoms with Crippen molar-refractivity contribution in [3.8, 4) is 0 Å². The van der Waals surface area contributed by atoms with Crippen molar-refractivity contribution in [1.82, 2.24) is 9.55 Å². The van der Waals surface area contributed by atoms with Crippen molar-refractivity contribution in [2.45, 2.75) is 6.54 Å². The first kappa shape index (κ1) is 15.3. The van der Waals surface area contributed by atoms with E-state index in [1.807, 2.05) is 24.3 Å². The van der Waals surface area contributed by atoms with Crippen LogP contribution in [0.5, 0.6) is 0 Å². The fraction of sp³-hybridized carbons (Fsp3) is 0.0588. The zero-order valence-electron chi connectivity index (χ0n) is 12.2. The average molecular weight is 405 g/mol. The number of H-pyrrole nitrogens is 1. The van der Waals surface area contributed by atoms with Crippen LogP contribution in [0.15, 0.2) is 56.5 Å². The van der Waals surface area contributed by atoms with Gasteiger partial charge in [-0.15, -0.1) is 11.3 Å². The number of halogens is 2. The Morgan fingerprint density at radius 1 is 1.17 bits per heavy atom. The van der Waals surface area contributed by atoms with E-state index in [9.17, 15) is 14.0 Å². The van der Waals surface area contributed by atoms with Crippen LogP contribution in [0.4, 0.5) is 4.39 Å². The molecule has 120 valence electrons. The van der Waals surface area contributed by atoms with Gasteiger partial charge in [0.1, 0.15) is 10.5 Å². The van der Waals surface area contributed by atoms with E-state index in [1.165, 1.54) is 17.4 Å². The van der Waals surface area contributed by atoms with Gasteiger partial charge in [-0.2, -0.15) is 0 Å². The number of benzene rings is 2. The van der Waals surface area contributed by atoms with Crippen LogP contribution >= 0.6 is 27.3 Å². The molecule has 0 fully saturated rings. The van der Waals surface area contributed by atoms with Gasteiger partial charge in [-0.25, -0.2) is 9.18 Å². The topological polar surface area (TPSA) is 54.9 Å². The summed E-state index contributed by atoms with van der Waals surface area (Å²) in [4.78, 5) is 27.8.